The Bertz CT molecular complexity index is 342. The van der Waals surface area contributed by atoms with Crippen LogP contribution in [0.1, 0.15) is 5.56 Å². The van der Waals surface area contributed by atoms with Crippen LogP contribution in [0.5, 0.6) is 0 Å². The zero-order valence-corrected chi connectivity index (χ0v) is 7.50. The van der Waals surface area contributed by atoms with Gasteiger partial charge >= 0.3 is 6.09 Å². The van der Waals surface area contributed by atoms with E-state index < -0.39 is 6.09 Å². The highest BCUT2D eigenvalue weighted by Gasteiger charge is 2.03. The Hall–Kier alpha value is -1.78. The van der Waals surface area contributed by atoms with Gasteiger partial charge in [0.15, 0.2) is 0 Å². The molecule has 0 radical (unpaired) electrons. The van der Waals surface area contributed by atoms with Gasteiger partial charge in [0.25, 0.3) is 0 Å². The maximum atomic E-state index is 13.1. The third kappa shape index (κ3) is 2.93. The summed E-state index contributed by atoms with van der Waals surface area (Å²) in [6.07, 6.45) is -0.603. The number of rotatable bonds is 3. The van der Waals surface area contributed by atoms with Gasteiger partial charge in [0.1, 0.15) is 5.82 Å². The quantitative estimate of drug-likeness (QED) is 0.712. The topological polar surface area (TPSA) is 78.3 Å². The van der Waals surface area contributed by atoms with Gasteiger partial charge in [-0.15, -0.1) is 0 Å². The van der Waals surface area contributed by atoms with Crippen LogP contribution in [-0.2, 0) is 11.2 Å². The van der Waals surface area contributed by atoms with Crippen molar-refractivity contribution in [3.8, 4) is 0 Å². The average Bonchev–Trinajstić information content (AvgIpc) is 2.10. The minimum atomic E-state index is -0.866. The molecule has 1 aromatic rings. The maximum absolute atomic E-state index is 13.1. The van der Waals surface area contributed by atoms with E-state index in [0.29, 0.717) is 11.3 Å². The minimum Gasteiger partial charge on any atom is -0.449 e. The summed E-state index contributed by atoms with van der Waals surface area (Å²) < 4.78 is 17.5. The SMILES string of the molecule is NC(=O)OCCc1cc(N)ccc1F. The molecule has 0 aliphatic carbocycles. The molecule has 0 aromatic heterocycles. The number of halogens is 1. The van der Waals surface area contributed by atoms with Crippen LogP contribution in [0.15, 0.2) is 18.2 Å². The third-order valence-corrected chi connectivity index (χ3v) is 1.69. The molecule has 0 aliphatic heterocycles. The standard InChI is InChI=1S/C9H11FN2O2/c10-8-2-1-7(11)5-6(8)3-4-14-9(12)13/h1-2,5H,3-4,11H2,(H2,12,13). The second-order valence-corrected chi connectivity index (χ2v) is 2.77. The highest BCUT2D eigenvalue weighted by atomic mass is 19.1. The van der Waals surface area contributed by atoms with Crippen LogP contribution in [0, 0.1) is 5.82 Å². The summed E-state index contributed by atoms with van der Waals surface area (Å²) in [7, 11) is 0. The molecule has 0 aliphatic rings. The van der Waals surface area contributed by atoms with Crippen molar-refractivity contribution in [2.24, 2.45) is 5.73 Å². The second-order valence-electron chi connectivity index (χ2n) is 2.77. The van der Waals surface area contributed by atoms with Crippen molar-refractivity contribution in [2.45, 2.75) is 6.42 Å². The van der Waals surface area contributed by atoms with Gasteiger partial charge in [0.2, 0.25) is 0 Å². The highest BCUT2D eigenvalue weighted by Crippen LogP contribution is 2.12. The van der Waals surface area contributed by atoms with Crippen molar-refractivity contribution in [2.75, 3.05) is 12.3 Å². The molecule has 0 unspecified atom stereocenters. The van der Waals surface area contributed by atoms with Crippen LogP contribution < -0.4 is 11.5 Å². The number of benzene rings is 1. The monoisotopic (exact) mass is 198 g/mol. The lowest BCUT2D eigenvalue weighted by Crippen LogP contribution is -2.15. The van der Waals surface area contributed by atoms with E-state index in [0.717, 1.165) is 0 Å². The first-order valence-electron chi connectivity index (χ1n) is 4.05. The zero-order chi connectivity index (χ0) is 10.6. The van der Waals surface area contributed by atoms with Gasteiger partial charge < -0.3 is 16.2 Å². The summed E-state index contributed by atoms with van der Waals surface area (Å²) in [5, 5.41) is 0. The normalized spacial score (nSPS) is 9.79. The van der Waals surface area contributed by atoms with Gasteiger partial charge in [0, 0.05) is 12.1 Å². The average molecular weight is 198 g/mol. The molecule has 0 atom stereocenters. The van der Waals surface area contributed by atoms with Crippen molar-refractivity contribution in [1.29, 1.82) is 0 Å². The van der Waals surface area contributed by atoms with E-state index >= 15 is 0 Å². The van der Waals surface area contributed by atoms with E-state index in [-0.39, 0.29) is 18.8 Å². The van der Waals surface area contributed by atoms with Crippen molar-refractivity contribution >= 4 is 11.8 Å². The van der Waals surface area contributed by atoms with E-state index in [4.69, 9.17) is 11.5 Å². The van der Waals surface area contributed by atoms with Gasteiger partial charge in [-0.05, 0) is 23.8 Å². The van der Waals surface area contributed by atoms with Crippen LogP contribution in [-0.4, -0.2) is 12.7 Å². The summed E-state index contributed by atoms with van der Waals surface area (Å²) in [5.74, 6) is -0.368. The summed E-state index contributed by atoms with van der Waals surface area (Å²) in [6, 6.07) is 4.24. The van der Waals surface area contributed by atoms with E-state index in [9.17, 15) is 9.18 Å². The predicted octanol–water partition coefficient (Wildman–Crippen LogP) is 1.05. The van der Waals surface area contributed by atoms with Crippen molar-refractivity contribution in [3.63, 3.8) is 0 Å². The van der Waals surface area contributed by atoms with E-state index in [1.165, 1.54) is 18.2 Å². The molecule has 0 bridgehead atoms. The zero-order valence-electron chi connectivity index (χ0n) is 7.50. The summed E-state index contributed by atoms with van der Waals surface area (Å²) in [4.78, 5) is 10.2. The lowest BCUT2D eigenvalue weighted by atomic mass is 10.1. The largest absolute Gasteiger partial charge is 0.449 e. The molecule has 0 saturated heterocycles. The molecular weight excluding hydrogens is 187 g/mol. The molecule has 14 heavy (non-hydrogen) atoms. The fourth-order valence-electron chi connectivity index (χ4n) is 1.05. The van der Waals surface area contributed by atoms with Gasteiger partial charge in [-0.2, -0.15) is 0 Å². The maximum Gasteiger partial charge on any atom is 0.404 e. The molecule has 5 heteroatoms. The Morgan fingerprint density at radius 2 is 2.21 bits per heavy atom. The number of carbonyl (C=O) groups excluding carboxylic acids is 1. The number of hydrogen-bond acceptors (Lipinski definition) is 3. The van der Waals surface area contributed by atoms with Crippen LogP contribution in [0.25, 0.3) is 0 Å². The lowest BCUT2D eigenvalue weighted by molar-refractivity contribution is 0.158. The molecule has 1 rings (SSSR count). The Labute approximate surface area is 80.6 Å². The predicted molar refractivity (Wildman–Crippen MR) is 50.1 cm³/mol. The van der Waals surface area contributed by atoms with Crippen LogP contribution in [0.2, 0.25) is 0 Å². The number of anilines is 1. The van der Waals surface area contributed by atoms with Gasteiger partial charge in [-0.25, -0.2) is 9.18 Å². The highest BCUT2D eigenvalue weighted by molar-refractivity contribution is 5.64. The first kappa shape index (κ1) is 10.3. The molecule has 1 amide bonds. The number of nitrogen functional groups attached to an aromatic ring is 1. The third-order valence-electron chi connectivity index (χ3n) is 1.69. The second kappa shape index (κ2) is 4.45. The van der Waals surface area contributed by atoms with E-state index in [2.05, 4.69) is 4.74 Å². The van der Waals surface area contributed by atoms with Gasteiger partial charge in [-0.3, -0.25) is 0 Å². The first-order chi connectivity index (χ1) is 6.59. The fraction of sp³-hybridized carbons (Fsp3) is 0.222. The number of primary amides is 1. The molecule has 0 heterocycles. The van der Waals surface area contributed by atoms with Gasteiger partial charge in [0.05, 0.1) is 6.61 Å². The molecule has 0 saturated carbocycles. The minimum absolute atomic E-state index is 0.0513. The molecule has 4 N–H and O–H groups in total. The van der Waals surface area contributed by atoms with Crippen molar-refractivity contribution < 1.29 is 13.9 Å². The Balaban J connectivity index is 2.57. The number of amides is 1. The smallest absolute Gasteiger partial charge is 0.404 e. The number of hydrogen-bond donors (Lipinski definition) is 2. The molecule has 4 nitrogen and oxygen atoms in total. The van der Waals surface area contributed by atoms with E-state index in [1.54, 1.807) is 0 Å². The Morgan fingerprint density at radius 1 is 1.50 bits per heavy atom. The molecule has 1 aromatic carbocycles. The molecule has 0 spiro atoms. The van der Waals surface area contributed by atoms with Crippen LogP contribution in [0.3, 0.4) is 0 Å². The van der Waals surface area contributed by atoms with Crippen LogP contribution in [0.4, 0.5) is 14.9 Å². The number of ether oxygens (including phenoxy) is 1. The lowest BCUT2D eigenvalue weighted by Gasteiger charge is -2.04. The summed E-state index contributed by atoms with van der Waals surface area (Å²) in [6.45, 7) is 0.0513. The Kier molecular flexibility index (Phi) is 3.28. The number of nitrogens with two attached hydrogens (primary N) is 2. The Morgan fingerprint density at radius 3 is 2.86 bits per heavy atom. The van der Waals surface area contributed by atoms with Crippen molar-refractivity contribution in [1.82, 2.24) is 0 Å². The van der Waals surface area contributed by atoms with E-state index in [1.807, 2.05) is 0 Å². The molecular formula is C9H11FN2O2. The van der Waals surface area contributed by atoms with Gasteiger partial charge in [-0.1, -0.05) is 0 Å². The number of carbonyl (C=O) groups is 1. The van der Waals surface area contributed by atoms with Crippen molar-refractivity contribution in [3.05, 3.63) is 29.6 Å². The van der Waals surface area contributed by atoms with Crippen LogP contribution >= 0.6 is 0 Å². The first-order valence-corrected chi connectivity index (χ1v) is 4.05. The summed E-state index contributed by atoms with van der Waals surface area (Å²) in [5.41, 5.74) is 11.1. The molecule has 0 fully saturated rings. The fourth-order valence-corrected chi connectivity index (χ4v) is 1.05. The summed E-state index contributed by atoms with van der Waals surface area (Å²) >= 11 is 0. The molecule has 76 valence electrons.